The summed E-state index contributed by atoms with van der Waals surface area (Å²) in [4.78, 5) is 10.2. The predicted octanol–water partition coefficient (Wildman–Crippen LogP) is -0.00590. The van der Waals surface area contributed by atoms with Gasteiger partial charge in [0.05, 0.1) is 0 Å². The van der Waals surface area contributed by atoms with Crippen LogP contribution in [0.15, 0.2) is 12.0 Å². The second-order valence-corrected chi connectivity index (χ2v) is 1.56. The molecule has 0 aliphatic carbocycles. The molecule has 1 aliphatic rings. The van der Waals surface area contributed by atoms with Crippen LogP contribution in [0.1, 0.15) is 6.92 Å². The highest BCUT2D eigenvalue weighted by atomic mass is 16.5. The number of rotatable bonds is 1. The van der Waals surface area contributed by atoms with Crippen LogP contribution in [-0.2, 0) is 9.53 Å². The van der Waals surface area contributed by atoms with Crippen molar-refractivity contribution in [3.05, 3.63) is 12.0 Å². The third kappa shape index (κ3) is 0.992. The topological polar surface area (TPSA) is 38.3 Å². The van der Waals surface area contributed by atoms with E-state index in [-0.39, 0.29) is 5.91 Å². The Kier molecular flexibility index (Phi) is 1.20. The van der Waals surface area contributed by atoms with Gasteiger partial charge in [0.15, 0.2) is 5.88 Å². The first-order valence-corrected chi connectivity index (χ1v) is 2.39. The van der Waals surface area contributed by atoms with Crippen LogP contribution >= 0.6 is 0 Å². The molecule has 3 heteroatoms. The Morgan fingerprint density at radius 3 is 2.75 bits per heavy atom. The normalized spacial score (nSPS) is 15.4. The minimum atomic E-state index is -0.0871. The minimum Gasteiger partial charge on any atom is -0.475 e. The Balaban J connectivity index is 2.29. The van der Waals surface area contributed by atoms with Crippen LogP contribution in [0.2, 0.25) is 0 Å². The largest absolute Gasteiger partial charge is 0.475 e. The van der Waals surface area contributed by atoms with Gasteiger partial charge >= 0.3 is 0 Å². The highest BCUT2D eigenvalue weighted by molar-refractivity contribution is 5.74. The minimum absolute atomic E-state index is 0.0871. The van der Waals surface area contributed by atoms with Crippen molar-refractivity contribution in [2.24, 2.45) is 0 Å². The van der Waals surface area contributed by atoms with Crippen molar-refractivity contribution in [2.75, 3.05) is 6.61 Å². The molecule has 0 radical (unpaired) electrons. The third-order valence-electron chi connectivity index (χ3n) is 0.807. The molecule has 8 heavy (non-hydrogen) atoms. The van der Waals surface area contributed by atoms with E-state index in [9.17, 15) is 4.79 Å². The first-order valence-electron chi connectivity index (χ1n) is 2.39. The average Bonchev–Trinajstić information content (AvgIpc) is 1.55. The summed E-state index contributed by atoms with van der Waals surface area (Å²) in [5, 5.41) is 2.48. The summed E-state index contributed by atoms with van der Waals surface area (Å²) < 4.78 is 4.77. The van der Waals surface area contributed by atoms with Gasteiger partial charge in [0.1, 0.15) is 6.61 Å². The zero-order valence-electron chi connectivity index (χ0n) is 4.60. The molecule has 3 nitrogen and oxygen atoms in total. The summed E-state index contributed by atoms with van der Waals surface area (Å²) in [5.41, 5.74) is 0. The number of amides is 1. The Labute approximate surface area is 47.3 Å². The molecule has 0 aromatic carbocycles. The molecule has 0 unspecified atom stereocenters. The van der Waals surface area contributed by atoms with E-state index in [1.54, 1.807) is 6.08 Å². The van der Waals surface area contributed by atoms with E-state index < -0.39 is 0 Å². The molecule has 0 saturated heterocycles. The number of nitrogens with one attached hydrogen (secondary N) is 1. The first-order chi connectivity index (χ1) is 3.79. The number of ether oxygens (including phenoxy) is 1. The second-order valence-electron chi connectivity index (χ2n) is 1.56. The van der Waals surface area contributed by atoms with E-state index in [1.165, 1.54) is 6.92 Å². The molecule has 0 fully saturated rings. The van der Waals surface area contributed by atoms with Crippen LogP contribution < -0.4 is 5.32 Å². The maximum Gasteiger partial charge on any atom is 0.223 e. The van der Waals surface area contributed by atoms with Crippen molar-refractivity contribution in [3.63, 3.8) is 0 Å². The maximum absolute atomic E-state index is 10.2. The summed E-state index contributed by atoms with van der Waals surface area (Å²) in [6.45, 7) is 2.07. The summed E-state index contributed by atoms with van der Waals surface area (Å²) >= 11 is 0. The molecule has 0 atom stereocenters. The fourth-order valence-corrected chi connectivity index (χ4v) is 0.427. The summed E-state index contributed by atoms with van der Waals surface area (Å²) in [6, 6.07) is 0. The van der Waals surface area contributed by atoms with E-state index in [0.717, 1.165) is 0 Å². The Morgan fingerprint density at radius 2 is 2.62 bits per heavy atom. The molecule has 1 N–H and O–H groups in total. The Hall–Kier alpha value is -0.990. The molecule has 0 saturated carbocycles. The zero-order valence-corrected chi connectivity index (χ0v) is 4.60. The van der Waals surface area contributed by atoms with Gasteiger partial charge in [-0.15, -0.1) is 0 Å². The van der Waals surface area contributed by atoms with Gasteiger partial charge in [-0.25, -0.2) is 0 Å². The predicted molar refractivity (Wildman–Crippen MR) is 27.9 cm³/mol. The first kappa shape index (κ1) is 5.15. The van der Waals surface area contributed by atoms with Crippen LogP contribution in [0.5, 0.6) is 0 Å². The lowest BCUT2D eigenvalue weighted by Gasteiger charge is -2.15. The fourth-order valence-electron chi connectivity index (χ4n) is 0.427. The maximum atomic E-state index is 10.2. The Bertz CT molecular complexity index is 139. The fraction of sp³-hybridized carbons (Fsp3) is 0.400. The third-order valence-corrected chi connectivity index (χ3v) is 0.807. The highest BCUT2D eigenvalue weighted by Crippen LogP contribution is 2.01. The molecule has 1 amide bonds. The SMILES string of the molecule is CC(=O)NC1=CCO1. The lowest BCUT2D eigenvalue weighted by molar-refractivity contribution is -0.119. The van der Waals surface area contributed by atoms with Crippen LogP contribution in [0.25, 0.3) is 0 Å². The van der Waals surface area contributed by atoms with Gasteiger partial charge in [0.25, 0.3) is 0 Å². The summed E-state index contributed by atoms with van der Waals surface area (Å²) in [7, 11) is 0. The molecule has 44 valence electrons. The molecule has 0 aromatic heterocycles. The molecule has 1 heterocycles. The second kappa shape index (κ2) is 1.86. The van der Waals surface area contributed by atoms with Crippen LogP contribution in [-0.4, -0.2) is 12.5 Å². The average molecular weight is 113 g/mol. The van der Waals surface area contributed by atoms with Crippen LogP contribution in [0, 0.1) is 0 Å². The van der Waals surface area contributed by atoms with Crippen molar-refractivity contribution < 1.29 is 9.53 Å². The molecule has 0 bridgehead atoms. The molecular weight excluding hydrogens is 106 g/mol. The number of carbonyl (C=O) groups is 1. The Morgan fingerprint density at radius 1 is 2.00 bits per heavy atom. The van der Waals surface area contributed by atoms with Gasteiger partial charge < -0.3 is 4.74 Å². The smallest absolute Gasteiger partial charge is 0.223 e. The van der Waals surface area contributed by atoms with Gasteiger partial charge in [-0.1, -0.05) is 0 Å². The molecule has 0 spiro atoms. The standard InChI is InChI=1S/C5H7NO2/c1-4(7)6-5-2-3-8-5/h2H,3H2,1H3,(H,6,7). The van der Waals surface area contributed by atoms with E-state index >= 15 is 0 Å². The van der Waals surface area contributed by atoms with E-state index in [1.807, 2.05) is 0 Å². The number of hydrogen-bond acceptors (Lipinski definition) is 2. The monoisotopic (exact) mass is 113 g/mol. The van der Waals surface area contributed by atoms with E-state index in [0.29, 0.717) is 12.5 Å². The molecule has 0 aromatic rings. The molecule has 1 rings (SSSR count). The highest BCUT2D eigenvalue weighted by Gasteiger charge is 2.05. The van der Waals surface area contributed by atoms with Crippen LogP contribution in [0.3, 0.4) is 0 Å². The van der Waals surface area contributed by atoms with Crippen molar-refractivity contribution >= 4 is 5.91 Å². The van der Waals surface area contributed by atoms with E-state index in [4.69, 9.17) is 4.74 Å². The van der Waals surface area contributed by atoms with Gasteiger partial charge in [-0.05, 0) is 0 Å². The number of hydrogen-bond donors (Lipinski definition) is 1. The van der Waals surface area contributed by atoms with Crippen molar-refractivity contribution in [2.45, 2.75) is 6.92 Å². The van der Waals surface area contributed by atoms with E-state index in [2.05, 4.69) is 5.32 Å². The van der Waals surface area contributed by atoms with Crippen molar-refractivity contribution in [3.8, 4) is 0 Å². The van der Waals surface area contributed by atoms with Crippen molar-refractivity contribution in [1.29, 1.82) is 0 Å². The van der Waals surface area contributed by atoms with Crippen LogP contribution in [0.4, 0.5) is 0 Å². The number of carbonyl (C=O) groups excluding carboxylic acids is 1. The zero-order chi connectivity index (χ0) is 5.98. The quantitative estimate of drug-likeness (QED) is 0.519. The molecular formula is C5H7NO2. The van der Waals surface area contributed by atoms with Gasteiger partial charge in [0, 0.05) is 13.0 Å². The van der Waals surface area contributed by atoms with Gasteiger partial charge in [0.2, 0.25) is 5.91 Å². The van der Waals surface area contributed by atoms with Crippen molar-refractivity contribution in [1.82, 2.24) is 5.32 Å². The molecule has 1 aliphatic heterocycles. The van der Waals surface area contributed by atoms with Gasteiger partial charge in [-0.3, -0.25) is 10.1 Å². The van der Waals surface area contributed by atoms with Gasteiger partial charge in [-0.2, -0.15) is 0 Å². The summed E-state index contributed by atoms with van der Waals surface area (Å²) in [5.74, 6) is 0.494. The lowest BCUT2D eigenvalue weighted by Crippen LogP contribution is -2.25. The lowest BCUT2D eigenvalue weighted by atomic mass is 10.5. The summed E-state index contributed by atoms with van der Waals surface area (Å²) in [6.07, 6.45) is 1.81.